The first kappa shape index (κ1) is 22.8. The molecule has 1 aliphatic carbocycles. The number of fused-ring (bicyclic) bond motifs is 1. The Hall–Kier alpha value is -1.41. The molecule has 0 unspecified atom stereocenters. The van der Waals surface area contributed by atoms with Gasteiger partial charge in [0.1, 0.15) is 0 Å². The number of amides is 3. The summed E-state index contributed by atoms with van der Waals surface area (Å²) in [6.07, 6.45) is 1.05. The van der Waals surface area contributed by atoms with Gasteiger partial charge in [0, 0.05) is 14.7 Å². The first-order valence-corrected chi connectivity index (χ1v) is 12.3. The summed E-state index contributed by atoms with van der Waals surface area (Å²) in [6, 6.07) is 13.5. The average molecular weight is 589 g/mol. The minimum atomic E-state index is -0.508. The first-order chi connectivity index (χ1) is 14.8. The highest BCUT2D eigenvalue weighted by Crippen LogP contribution is 2.44. The number of rotatable bonds is 4. The molecular formula is C22H18Br2Cl2N2O3. The molecule has 0 bridgehead atoms. The van der Waals surface area contributed by atoms with E-state index >= 15 is 0 Å². The Labute approximate surface area is 206 Å². The van der Waals surface area contributed by atoms with Crippen molar-refractivity contribution in [3.8, 4) is 0 Å². The molecule has 3 amide bonds. The Kier molecular flexibility index (Phi) is 6.77. The molecule has 0 spiro atoms. The third kappa shape index (κ3) is 4.42. The predicted molar refractivity (Wildman–Crippen MR) is 126 cm³/mol. The van der Waals surface area contributed by atoms with Crippen LogP contribution in [0.25, 0.3) is 0 Å². The molecule has 1 heterocycles. The highest BCUT2D eigenvalue weighted by Gasteiger charge is 2.54. The zero-order valence-corrected chi connectivity index (χ0v) is 20.9. The summed E-state index contributed by atoms with van der Waals surface area (Å²) in [5.74, 6) is -2.14. The van der Waals surface area contributed by atoms with Gasteiger partial charge in [0.15, 0.2) is 0 Å². The molecule has 162 valence electrons. The van der Waals surface area contributed by atoms with Gasteiger partial charge in [0.25, 0.3) is 17.7 Å². The monoisotopic (exact) mass is 586 g/mol. The second-order valence-electron chi connectivity index (χ2n) is 7.67. The lowest BCUT2D eigenvalue weighted by molar-refractivity contribution is -0.155. The number of carbonyl (C=O) groups is 3. The van der Waals surface area contributed by atoms with Crippen molar-refractivity contribution in [3.05, 3.63) is 69.7 Å². The normalized spacial score (nSPS) is 25.5. The summed E-state index contributed by atoms with van der Waals surface area (Å²) >= 11 is 19.4. The Balaban J connectivity index is 1.72. The molecular weight excluding hydrogens is 571 g/mol. The van der Waals surface area contributed by atoms with Crippen molar-refractivity contribution in [2.24, 2.45) is 11.8 Å². The lowest BCUT2D eigenvalue weighted by Gasteiger charge is -2.31. The minimum absolute atomic E-state index is 0.0353. The van der Waals surface area contributed by atoms with Crippen LogP contribution in [0.5, 0.6) is 0 Å². The van der Waals surface area contributed by atoms with Gasteiger partial charge in [-0.05, 0) is 42.7 Å². The fraction of sp³-hybridized carbons (Fsp3) is 0.318. The van der Waals surface area contributed by atoms with E-state index in [1.165, 1.54) is 5.01 Å². The van der Waals surface area contributed by atoms with Crippen LogP contribution in [0, 0.1) is 11.8 Å². The van der Waals surface area contributed by atoms with Gasteiger partial charge in [-0.1, -0.05) is 79.3 Å². The molecule has 31 heavy (non-hydrogen) atoms. The minimum Gasteiger partial charge on any atom is -0.272 e. The van der Waals surface area contributed by atoms with Crippen molar-refractivity contribution in [1.29, 1.82) is 0 Å². The zero-order valence-electron chi connectivity index (χ0n) is 16.2. The van der Waals surface area contributed by atoms with Crippen LogP contribution in [-0.4, -0.2) is 37.4 Å². The van der Waals surface area contributed by atoms with Crippen molar-refractivity contribution in [1.82, 2.24) is 10.0 Å². The van der Waals surface area contributed by atoms with Crippen LogP contribution >= 0.6 is 55.1 Å². The Morgan fingerprint density at radius 2 is 1.48 bits per heavy atom. The molecule has 2 aliphatic rings. The Morgan fingerprint density at radius 1 is 0.935 bits per heavy atom. The summed E-state index contributed by atoms with van der Waals surface area (Å²) in [5.41, 5.74) is 0.961. The van der Waals surface area contributed by atoms with E-state index in [4.69, 9.17) is 23.2 Å². The van der Waals surface area contributed by atoms with Crippen LogP contribution in [0.4, 0.5) is 0 Å². The van der Waals surface area contributed by atoms with Crippen LogP contribution in [0.15, 0.2) is 48.5 Å². The number of hydrazine groups is 1. The number of benzene rings is 2. The van der Waals surface area contributed by atoms with Crippen molar-refractivity contribution < 1.29 is 14.4 Å². The van der Waals surface area contributed by atoms with E-state index in [1.54, 1.807) is 48.5 Å². The van der Waals surface area contributed by atoms with Crippen LogP contribution in [0.1, 0.15) is 28.8 Å². The average Bonchev–Trinajstić information content (AvgIpc) is 2.98. The molecule has 0 N–H and O–H groups in total. The number of halogens is 4. The SMILES string of the molecule is O=C(c1ccccc1Cl)N(Cc1ccc(Cl)cc1)N1C(=O)[C@H]2C[C@H](Br)[C@@H](Br)C[C@H]2C1=O. The van der Waals surface area contributed by atoms with Gasteiger partial charge in [0.2, 0.25) is 0 Å². The molecule has 2 aromatic carbocycles. The quantitative estimate of drug-likeness (QED) is 0.351. The number of nitrogens with zero attached hydrogens (tertiary/aromatic N) is 2. The van der Waals surface area contributed by atoms with E-state index in [-0.39, 0.29) is 38.6 Å². The molecule has 2 aromatic rings. The molecule has 0 radical (unpaired) electrons. The third-order valence-corrected chi connectivity index (χ3v) is 9.03. The highest BCUT2D eigenvalue weighted by atomic mass is 79.9. The standard InChI is InChI=1S/C22H18Br2Cl2N2O3/c23-17-9-15-16(10-18(17)24)22(31)28(21(15)30)27(11-12-5-7-13(25)8-6-12)20(29)14-3-1-2-4-19(14)26/h1-8,15-18H,9-11H2/t15-,16+,17-,18-/m0/s1. The molecule has 4 atom stereocenters. The maximum atomic E-state index is 13.5. The van der Waals surface area contributed by atoms with E-state index in [0.717, 1.165) is 10.6 Å². The topological polar surface area (TPSA) is 57.7 Å². The van der Waals surface area contributed by atoms with Crippen molar-refractivity contribution in [2.75, 3.05) is 0 Å². The summed E-state index contributed by atoms with van der Waals surface area (Å²) in [4.78, 5) is 40.3. The lowest BCUT2D eigenvalue weighted by Crippen LogP contribution is -2.49. The largest absolute Gasteiger partial charge is 0.274 e. The molecule has 2 fully saturated rings. The van der Waals surface area contributed by atoms with Gasteiger partial charge >= 0.3 is 0 Å². The third-order valence-electron chi connectivity index (χ3n) is 5.71. The molecule has 1 saturated heterocycles. The second kappa shape index (κ2) is 9.22. The second-order valence-corrected chi connectivity index (χ2v) is 10.9. The number of imide groups is 1. The molecule has 1 aliphatic heterocycles. The fourth-order valence-corrected chi connectivity index (χ4v) is 5.67. The van der Waals surface area contributed by atoms with Gasteiger partial charge < -0.3 is 0 Å². The smallest absolute Gasteiger partial charge is 0.272 e. The van der Waals surface area contributed by atoms with Crippen LogP contribution in [-0.2, 0) is 16.1 Å². The number of alkyl halides is 2. The number of hydrogen-bond donors (Lipinski definition) is 0. The zero-order chi connectivity index (χ0) is 22.3. The number of carbonyl (C=O) groups excluding carboxylic acids is 3. The van der Waals surface area contributed by atoms with E-state index in [0.29, 0.717) is 17.9 Å². The van der Waals surface area contributed by atoms with Gasteiger partial charge in [-0.3, -0.25) is 14.4 Å². The maximum Gasteiger partial charge on any atom is 0.274 e. The van der Waals surface area contributed by atoms with E-state index < -0.39 is 17.7 Å². The van der Waals surface area contributed by atoms with E-state index in [2.05, 4.69) is 31.9 Å². The fourth-order valence-electron chi connectivity index (χ4n) is 4.09. The first-order valence-electron chi connectivity index (χ1n) is 9.74. The highest BCUT2D eigenvalue weighted by molar-refractivity contribution is 9.12. The van der Waals surface area contributed by atoms with E-state index in [1.807, 2.05) is 0 Å². The lowest BCUT2D eigenvalue weighted by atomic mass is 9.81. The van der Waals surface area contributed by atoms with Crippen LogP contribution < -0.4 is 0 Å². The number of hydrogen-bond acceptors (Lipinski definition) is 3. The molecule has 0 aromatic heterocycles. The van der Waals surface area contributed by atoms with Crippen molar-refractivity contribution >= 4 is 72.8 Å². The van der Waals surface area contributed by atoms with Gasteiger partial charge in [-0.25, -0.2) is 5.01 Å². The van der Waals surface area contributed by atoms with Crippen LogP contribution in [0.3, 0.4) is 0 Å². The summed E-state index contributed by atoms with van der Waals surface area (Å²) in [6.45, 7) is 0.0353. The summed E-state index contributed by atoms with van der Waals surface area (Å²) < 4.78 is 0. The summed E-state index contributed by atoms with van der Waals surface area (Å²) in [7, 11) is 0. The maximum absolute atomic E-state index is 13.5. The summed E-state index contributed by atoms with van der Waals surface area (Å²) in [5, 5.41) is 3.05. The van der Waals surface area contributed by atoms with Gasteiger partial charge in [-0.15, -0.1) is 0 Å². The molecule has 4 rings (SSSR count). The Bertz CT molecular complexity index is 1010. The Morgan fingerprint density at radius 3 is 2.03 bits per heavy atom. The molecule has 9 heteroatoms. The predicted octanol–water partition coefficient (Wildman–Crippen LogP) is 5.47. The molecule has 1 saturated carbocycles. The van der Waals surface area contributed by atoms with Gasteiger partial charge in [0.05, 0.1) is 29.0 Å². The van der Waals surface area contributed by atoms with Gasteiger partial charge in [-0.2, -0.15) is 5.01 Å². The molecule has 5 nitrogen and oxygen atoms in total. The van der Waals surface area contributed by atoms with Crippen molar-refractivity contribution in [3.63, 3.8) is 0 Å². The van der Waals surface area contributed by atoms with E-state index in [9.17, 15) is 14.4 Å². The van der Waals surface area contributed by atoms with Crippen LogP contribution in [0.2, 0.25) is 10.0 Å². The van der Waals surface area contributed by atoms with Crippen molar-refractivity contribution in [2.45, 2.75) is 29.0 Å².